The van der Waals surface area contributed by atoms with Gasteiger partial charge in [-0.05, 0) is 69.0 Å². The molecule has 0 saturated heterocycles. The molecular weight excluding hydrogens is 516 g/mol. The molecule has 39 heavy (non-hydrogen) atoms. The van der Waals surface area contributed by atoms with Gasteiger partial charge >= 0.3 is 0 Å². The van der Waals surface area contributed by atoms with Gasteiger partial charge in [-0.3, -0.25) is 19.0 Å². The number of amides is 2. The summed E-state index contributed by atoms with van der Waals surface area (Å²) in [5, 5.41) is 6.11. The van der Waals surface area contributed by atoms with Gasteiger partial charge in [0.05, 0.1) is 29.8 Å². The number of nitrogens with one attached hydrogen (secondary N) is 2. The molecule has 0 bridgehead atoms. The van der Waals surface area contributed by atoms with E-state index < -0.39 is 0 Å². The van der Waals surface area contributed by atoms with Crippen molar-refractivity contribution >= 4 is 39.1 Å². The van der Waals surface area contributed by atoms with E-state index in [4.69, 9.17) is 9.47 Å². The van der Waals surface area contributed by atoms with E-state index in [-0.39, 0.29) is 23.9 Å². The van der Waals surface area contributed by atoms with E-state index in [9.17, 15) is 14.4 Å². The molecule has 0 aliphatic rings. The van der Waals surface area contributed by atoms with Crippen molar-refractivity contribution in [2.75, 3.05) is 25.1 Å². The molecule has 0 atom stereocenters. The minimum atomic E-state index is -0.355. The van der Waals surface area contributed by atoms with Crippen LogP contribution in [-0.2, 0) is 17.8 Å². The van der Waals surface area contributed by atoms with Crippen LogP contribution in [0, 0.1) is 13.8 Å². The van der Waals surface area contributed by atoms with Crippen molar-refractivity contribution in [1.82, 2.24) is 14.9 Å². The van der Waals surface area contributed by atoms with E-state index in [2.05, 4.69) is 15.6 Å². The third-order valence-electron chi connectivity index (χ3n) is 6.17. The number of benzene rings is 2. The highest BCUT2D eigenvalue weighted by Crippen LogP contribution is 2.29. The van der Waals surface area contributed by atoms with E-state index in [0.717, 1.165) is 22.5 Å². The van der Waals surface area contributed by atoms with Crippen LogP contribution < -0.4 is 25.7 Å². The molecule has 0 saturated carbocycles. The van der Waals surface area contributed by atoms with Gasteiger partial charge in [0.1, 0.15) is 11.4 Å². The molecule has 10 heteroatoms. The minimum Gasteiger partial charge on any atom is -0.490 e. The Kier molecular flexibility index (Phi) is 8.98. The molecule has 2 heterocycles. The summed E-state index contributed by atoms with van der Waals surface area (Å²) in [4.78, 5) is 44.0. The van der Waals surface area contributed by atoms with E-state index >= 15 is 0 Å². The number of carbonyl (C=O) groups is 2. The Hall–Kier alpha value is -4.18. The maximum atomic E-state index is 13.2. The van der Waals surface area contributed by atoms with Crippen LogP contribution >= 0.6 is 11.3 Å². The molecule has 0 aliphatic heterocycles. The smallest absolute Gasteiger partial charge is 0.266 e. The monoisotopic (exact) mass is 548 g/mol. The molecule has 2 aromatic carbocycles. The summed E-state index contributed by atoms with van der Waals surface area (Å²) < 4.78 is 12.5. The minimum absolute atomic E-state index is 0.171. The predicted molar refractivity (Wildman–Crippen MR) is 153 cm³/mol. The van der Waals surface area contributed by atoms with Crippen LogP contribution in [0.2, 0.25) is 0 Å². The SMILES string of the molecule is CCOc1ccc(CCNC(=O)Cn2cnc3sc(C(=O)Nc4ccccc4C)c(C)c3c2=O)cc1OCC. The Labute approximate surface area is 230 Å². The van der Waals surface area contributed by atoms with E-state index in [1.54, 1.807) is 6.92 Å². The van der Waals surface area contributed by atoms with Crippen LogP contribution in [-0.4, -0.2) is 41.1 Å². The zero-order valence-corrected chi connectivity index (χ0v) is 23.3. The quantitative estimate of drug-likeness (QED) is 0.286. The van der Waals surface area contributed by atoms with Crippen molar-refractivity contribution in [3.8, 4) is 11.5 Å². The second kappa shape index (κ2) is 12.6. The first kappa shape index (κ1) is 27.8. The fraction of sp³-hybridized carbons (Fsp3) is 0.310. The summed E-state index contributed by atoms with van der Waals surface area (Å²) >= 11 is 1.16. The van der Waals surface area contributed by atoms with Crippen molar-refractivity contribution in [3.05, 3.63) is 80.7 Å². The number of hydrogen-bond acceptors (Lipinski definition) is 7. The van der Waals surface area contributed by atoms with Crippen LogP contribution in [0.15, 0.2) is 53.6 Å². The third-order valence-corrected chi connectivity index (χ3v) is 7.37. The maximum absolute atomic E-state index is 13.2. The fourth-order valence-corrected chi connectivity index (χ4v) is 5.22. The topological polar surface area (TPSA) is 112 Å². The van der Waals surface area contributed by atoms with Crippen LogP contribution in [0.3, 0.4) is 0 Å². The summed E-state index contributed by atoms with van der Waals surface area (Å²) in [6, 6.07) is 13.2. The Morgan fingerprint density at radius 2 is 1.77 bits per heavy atom. The molecular formula is C29H32N4O5S. The zero-order chi connectivity index (χ0) is 27.9. The van der Waals surface area contributed by atoms with Crippen LogP contribution in [0.25, 0.3) is 10.2 Å². The second-order valence-corrected chi connectivity index (χ2v) is 9.93. The van der Waals surface area contributed by atoms with Crippen molar-refractivity contribution in [1.29, 1.82) is 0 Å². The van der Waals surface area contributed by atoms with Gasteiger partial charge in [-0.1, -0.05) is 24.3 Å². The van der Waals surface area contributed by atoms with Crippen molar-refractivity contribution in [2.24, 2.45) is 0 Å². The summed E-state index contributed by atoms with van der Waals surface area (Å²) in [5.74, 6) is 0.760. The van der Waals surface area contributed by atoms with E-state index in [0.29, 0.717) is 64.0 Å². The average Bonchev–Trinajstić information content (AvgIpc) is 3.26. The highest BCUT2D eigenvalue weighted by atomic mass is 32.1. The number of rotatable bonds is 11. The second-order valence-electron chi connectivity index (χ2n) is 8.93. The molecule has 2 N–H and O–H groups in total. The number of hydrogen-bond donors (Lipinski definition) is 2. The summed E-state index contributed by atoms with van der Waals surface area (Å²) in [7, 11) is 0. The number of thiophene rings is 1. The Morgan fingerprint density at radius 3 is 2.51 bits per heavy atom. The zero-order valence-electron chi connectivity index (χ0n) is 22.5. The summed E-state index contributed by atoms with van der Waals surface area (Å²) in [5.41, 5.74) is 2.84. The molecule has 4 rings (SSSR count). The molecule has 4 aromatic rings. The molecule has 0 spiro atoms. The highest BCUT2D eigenvalue weighted by molar-refractivity contribution is 7.20. The molecule has 2 amide bonds. The number of fused-ring (bicyclic) bond motifs is 1. The molecule has 9 nitrogen and oxygen atoms in total. The number of para-hydroxylation sites is 1. The highest BCUT2D eigenvalue weighted by Gasteiger charge is 2.20. The molecule has 204 valence electrons. The lowest BCUT2D eigenvalue weighted by atomic mass is 10.1. The first-order valence-electron chi connectivity index (χ1n) is 12.8. The predicted octanol–water partition coefficient (Wildman–Crippen LogP) is 4.48. The Bertz CT molecular complexity index is 1560. The fourth-order valence-electron chi connectivity index (χ4n) is 4.19. The van der Waals surface area contributed by atoms with Crippen LogP contribution in [0.1, 0.15) is 40.2 Å². The van der Waals surface area contributed by atoms with Gasteiger partial charge in [0.25, 0.3) is 11.5 Å². The van der Waals surface area contributed by atoms with Gasteiger partial charge in [-0.25, -0.2) is 4.98 Å². The summed E-state index contributed by atoms with van der Waals surface area (Å²) in [6.45, 7) is 8.76. The normalized spacial score (nSPS) is 10.9. The average molecular weight is 549 g/mol. The largest absolute Gasteiger partial charge is 0.490 e. The van der Waals surface area contributed by atoms with Crippen molar-refractivity contribution in [2.45, 2.75) is 40.7 Å². The number of nitrogens with zero attached hydrogens (tertiary/aromatic N) is 2. The van der Waals surface area contributed by atoms with E-state index in [1.165, 1.54) is 10.9 Å². The lowest BCUT2D eigenvalue weighted by molar-refractivity contribution is -0.121. The van der Waals surface area contributed by atoms with Gasteiger partial charge in [0.2, 0.25) is 5.91 Å². The van der Waals surface area contributed by atoms with Gasteiger partial charge in [-0.2, -0.15) is 0 Å². The number of carbonyl (C=O) groups excluding carboxylic acids is 2. The molecule has 0 unspecified atom stereocenters. The molecule has 0 aliphatic carbocycles. The summed E-state index contributed by atoms with van der Waals surface area (Å²) in [6.07, 6.45) is 1.94. The lowest BCUT2D eigenvalue weighted by Crippen LogP contribution is -2.33. The number of anilines is 1. The number of ether oxygens (including phenoxy) is 2. The van der Waals surface area contributed by atoms with E-state index in [1.807, 2.05) is 63.2 Å². The first-order chi connectivity index (χ1) is 18.8. The van der Waals surface area contributed by atoms with Gasteiger partial charge in [0, 0.05) is 12.2 Å². The van der Waals surface area contributed by atoms with Crippen LogP contribution in [0.5, 0.6) is 11.5 Å². The molecule has 2 aromatic heterocycles. The lowest BCUT2D eigenvalue weighted by Gasteiger charge is -2.13. The maximum Gasteiger partial charge on any atom is 0.266 e. The van der Waals surface area contributed by atoms with Gasteiger partial charge in [-0.15, -0.1) is 11.3 Å². The van der Waals surface area contributed by atoms with Gasteiger partial charge < -0.3 is 20.1 Å². The number of aromatic nitrogens is 2. The van der Waals surface area contributed by atoms with Crippen LogP contribution in [0.4, 0.5) is 5.69 Å². The third kappa shape index (κ3) is 6.46. The number of aryl methyl sites for hydroxylation is 2. The van der Waals surface area contributed by atoms with Crippen molar-refractivity contribution < 1.29 is 19.1 Å². The Balaban J connectivity index is 1.42. The van der Waals surface area contributed by atoms with Crippen molar-refractivity contribution in [3.63, 3.8) is 0 Å². The molecule has 0 fully saturated rings. The molecule has 0 radical (unpaired) electrons. The first-order valence-corrected chi connectivity index (χ1v) is 13.6. The standard InChI is InChI=1S/C29H32N4O5S/c1-5-37-22-12-11-20(15-23(22)38-6-2)13-14-30-24(34)16-33-17-31-28-25(29(33)36)19(4)26(39-28)27(35)32-21-10-8-7-9-18(21)3/h7-12,15,17H,5-6,13-14,16H2,1-4H3,(H,30,34)(H,32,35). The Morgan fingerprint density at radius 1 is 1.03 bits per heavy atom. The van der Waals surface area contributed by atoms with Gasteiger partial charge in [0.15, 0.2) is 11.5 Å².